The molecule has 1 aliphatic rings. The second kappa shape index (κ2) is 8.75. The third-order valence-electron chi connectivity index (χ3n) is 4.15. The summed E-state index contributed by atoms with van der Waals surface area (Å²) >= 11 is 4.67. The van der Waals surface area contributed by atoms with E-state index in [2.05, 4.69) is 47.0 Å². The van der Waals surface area contributed by atoms with E-state index in [1.165, 1.54) is 34.5 Å². The Bertz CT molecular complexity index is 1120. The normalized spacial score (nSPS) is 16.2. The van der Waals surface area contributed by atoms with Gasteiger partial charge >= 0.3 is 5.97 Å². The Balaban J connectivity index is 1.87. The number of carbonyl (C=O) groups is 1. The summed E-state index contributed by atoms with van der Waals surface area (Å²) in [6, 6.07) is 3.43. The molecule has 1 N–H and O–H groups in total. The van der Waals surface area contributed by atoms with E-state index in [1.54, 1.807) is 18.5 Å². The lowest BCUT2D eigenvalue weighted by Gasteiger charge is -2.27. The van der Waals surface area contributed by atoms with Gasteiger partial charge in [0.1, 0.15) is 23.7 Å². The first-order valence-corrected chi connectivity index (χ1v) is 10.4. The van der Waals surface area contributed by atoms with Crippen LogP contribution in [-0.4, -0.2) is 48.8 Å². The first-order valence-electron chi connectivity index (χ1n) is 8.74. The molecule has 1 aromatic carbocycles. The average molecular weight is 493 g/mol. The SMILES string of the molecule is CCOC(=O)C1=C(Cn2cnnn2)NC(c2nncs2)=NC1c1ccc(F)cc1Br. The van der Waals surface area contributed by atoms with E-state index in [4.69, 9.17) is 9.73 Å². The maximum absolute atomic E-state index is 13.7. The molecule has 4 rings (SSSR count). The van der Waals surface area contributed by atoms with Crippen molar-refractivity contribution in [3.8, 4) is 0 Å². The molecular weight excluding hydrogens is 479 g/mol. The van der Waals surface area contributed by atoms with E-state index in [9.17, 15) is 9.18 Å². The van der Waals surface area contributed by atoms with Crippen LogP contribution in [0.1, 0.15) is 23.5 Å². The quantitative estimate of drug-likeness (QED) is 0.518. The largest absolute Gasteiger partial charge is 0.463 e. The summed E-state index contributed by atoms with van der Waals surface area (Å²) in [5.41, 5.74) is 2.93. The number of tetrazole rings is 1. The number of rotatable bonds is 6. The Morgan fingerprint density at radius 1 is 1.40 bits per heavy atom. The van der Waals surface area contributed by atoms with Crippen molar-refractivity contribution in [1.29, 1.82) is 0 Å². The minimum absolute atomic E-state index is 0.161. The highest BCUT2D eigenvalue weighted by molar-refractivity contribution is 9.10. The van der Waals surface area contributed by atoms with Gasteiger partial charge in [-0.3, -0.25) is 4.99 Å². The standard InChI is InChI=1S/C17H14BrFN8O2S/c1-2-29-17(28)13-12(6-27-7-20-25-26-27)22-15(16-24-21-8-30-16)23-14(13)10-4-3-9(19)5-11(10)18/h3-5,7-8,14H,2,6H2,1H3,(H,22,23). The molecule has 0 radical (unpaired) electrons. The van der Waals surface area contributed by atoms with Crippen LogP contribution in [0.3, 0.4) is 0 Å². The second-order valence-corrected chi connectivity index (χ2v) is 7.72. The van der Waals surface area contributed by atoms with Crippen LogP contribution in [0.4, 0.5) is 4.39 Å². The number of esters is 1. The molecule has 0 aliphatic carbocycles. The van der Waals surface area contributed by atoms with Crippen LogP contribution in [0, 0.1) is 5.82 Å². The summed E-state index contributed by atoms with van der Waals surface area (Å²) in [6.07, 6.45) is 1.43. The predicted molar refractivity (Wildman–Crippen MR) is 108 cm³/mol. The Morgan fingerprint density at radius 3 is 2.93 bits per heavy atom. The Kier molecular flexibility index (Phi) is 5.90. The molecule has 10 nitrogen and oxygen atoms in total. The van der Waals surface area contributed by atoms with Gasteiger partial charge in [-0.25, -0.2) is 13.9 Å². The molecule has 0 fully saturated rings. The zero-order valence-corrected chi connectivity index (χ0v) is 17.9. The fraction of sp³-hybridized carbons (Fsp3) is 0.235. The van der Waals surface area contributed by atoms with Gasteiger partial charge in [0.15, 0.2) is 10.8 Å². The number of carbonyl (C=O) groups excluding carboxylic acids is 1. The number of aromatic nitrogens is 6. The molecule has 154 valence electrons. The van der Waals surface area contributed by atoms with Crippen molar-refractivity contribution >= 4 is 39.1 Å². The van der Waals surface area contributed by atoms with Crippen LogP contribution >= 0.6 is 27.3 Å². The second-order valence-electron chi connectivity index (χ2n) is 6.04. The highest BCUT2D eigenvalue weighted by atomic mass is 79.9. The van der Waals surface area contributed by atoms with Crippen LogP contribution in [0.2, 0.25) is 0 Å². The highest BCUT2D eigenvalue weighted by Crippen LogP contribution is 2.37. The van der Waals surface area contributed by atoms with E-state index in [-0.39, 0.29) is 18.7 Å². The number of aliphatic imine (C=N–C) groups is 1. The zero-order valence-electron chi connectivity index (χ0n) is 15.5. The highest BCUT2D eigenvalue weighted by Gasteiger charge is 2.34. The fourth-order valence-corrected chi connectivity index (χ4v) is 3.99. The number of ether oxygens (including phenoxy) is 1. The van der Waals surface area contributed by atoms with Crippen molar-refractivity contribution in [2.45, 2.75) is 19.5 Å². The van der Waals surface area contributed by atoms with Crippen molar-refractivity contribution in [3.63, 3.8) is 0 Å². The lowest BCUT2D eigenvalue weighted by Crippen LogP contribution is -2.35. The number of nitrogens with zero attached hydrogens (tertiary/aromatic N) is 7. The molecule has 0 bridgehead atoms. The molecule has 13 heteroatoms. The number of halogens is 2. The van der Waals surface area contributed by atoms with E-state index in [0.717, 1.165) is 0 Å². The monoisotopic (exact) mass is 492 g/mol. The molecule has 1 aliphatic heterocycles. The van der Waals surface area contributed by atoms with Gasteiger partial charge in [0.2, 0.25) is 0 Å². The molecule has 1 unspecified atom stereocenters. The number of allylic oxidation sites excluding steroid dienone is 1. The maximum atomic E-state index is 13.7. The molecule has 0 saturated carbocycles. The Labute approximate surface area is 182 Å². The Hall–Kier alpha value is -3.06. The summed E-state index contributed by atoms with van der Waals surface area (Å²) in [4.78, 5) is 17.6. The average Bonchev–Trinajstić information content (AvgIpc) is 3.42. The third kappa shape index (κ3) is 4.11. The van der Waals surface area contributed by atoms with Gasteiger partial charge in [-0.2, -0.15) is 0 Å². The number of nitrogens with one attached hydrogen (secondary N) is 1. The minimum Gasteiger partial charge on any atom is -0.463 e. The van der Waals surface area contributed by atoms with Gasteiger partial charge in [0.05, 0.1) is 24.4 Å². The van der Waals surface area contributed by atoms with Crippen molar-refractivity contribution in [2.75, 3.05) is 6.61 Å². The molecule has 2 aromatic heterocycles. The summed E-state index contributed by atoms with van der Waals surface area (Å²) < 4.78 is 20.9. The minimum atomic E-state index is -0.773. The van der Waals surface area contributed by atoms with Crippen LogP contribution in [0.15, 0.2) is 50.8 Å². The van der Waals surface area contributed by atoms with Crippen molar-refractivity contribution < 1.29 is 13.9 Å². The van der Waals surface area contributed by atoms with Gasteiger partial charge in [-0.15, -0.1) is 15.3 Å². The lowest BCUT2D eigenvalue weighted by molar-refractivity contribution is -0.139. The van der Waals surface area contributed by atoms with Crippen molar-refractivity contribution in [3.05, 3.63) is 62.2 Å². The first kappa shape index (κ1) is 20.2. The summed E-state index contributed by atoms with van der Waals surface area (Å²) in [5, 5.41) is 22.7. The molecule has 30 heavy (non-hydrogen) atoms. The van der Waals surface area contributed by atoms with Gasteiger partial charge in [0.25, 0.3) is 0 Å². The Morgan fingerprint density at radius 2 is 2.27 bits per heavy atom. The molecule has 3 heterocycles. The van der Waals surface area contributed by atoms with Gasteiger partial charge in [-0.1, -0.05) is 33.3 Å². The molecule has 1 atom stereocenters. The van der Waals surface area contributed by atoms with Crippen LogP contribution < -0.4 is 5.32 Å². The topological polar surface area (TPSA) is 120 Å². The van der Waals surface area contributed by atoms with Crippen molar-refractivity contribution in [1.82, 2.24) is 35.7 Å². The van der Waals surface area contributed by atoms with Crippen LogP contribution in [0.5, 0.6) is 0 Å². The zero-order chi connectivity index (χ0) is 21.1. The summed E-state index contributed by atoms with van der Waals surface area (Å²) in [5.74, 6) is -0.535. The van der Waals surface area contributed by atoms with E-state index >= 15 is 0 Å². The van der Waals surface area contributed by atoms with E-state index in [0.29, 0.717) is 26.6 Å². The number of hydrogen-bond acceptors (Lipinski definition) is 10. The third-order valence-corrected chi connectivity index (χ3v) is 5.54. The molecule has 3 aromatic rings. The molecular formula is C17H14BrFN8O2S. The predicted octanol–water partition coefficient (Wildman–Crippen LogP) is 2.03. The van der Waals surface area contributed by atoms with Crippen molar-refractivity contribution in [2.24, 2.45) is 4.99 Å². The smallest absolute Gasteiger partial charge is 0.338 e. The number of hydrogen-bond donors (Lipinski definition) is 1. The number of amidine groups is 1. The summed E-state index contributed by atoms with van der Waals surface area (Å²) in [7, 11) is 0. The fourth-order valence-electron chi connectivity index (χ4n) is 2.92. The van der Waals surface area contributed by atoms with Crippen LogP contribution in [-0.2, 0) is 16.1 Å². The van der Waals surface area contributed by atoms with E-state index < -0.39 is 17.8 Å². The van der Waals surface area contributed by atoms with Gasteiger partial charge < -0.3 is 10.1 Å². The van der Waals surface area contributed by atoms with Crippen LogP contribution in [0.25, 0.3) is 0 Å². The van der Waals surface area contributed by atoms with Gasteiger partial charge in [-0.05, 0) is 35.0 Å². The maximum Gasteiger partial charge on any atom is 0.338 e. The lowest BCUT2D eigenvalue weighted by atomic mass is 9.95. The molecule has 0 amide bonds. The number of benzene rings is 1. The first-order chi connectivity index (χ1) is 14.6. The van der Waals surface area contributed by atoms with E-state index in [1.807, 2.05) is 0 Å². The molecule has 0 saturated heterocycles. The molecule has 0 spiro atoms. The van der Waals surface area contributed by atoms with Gasteiger partial charge in [0, 0.05) is 4.47 Å². The summed E-state index contributed by atoms with van der Waals surface area (Å²) in [6.45, 7) is 2.06.